The number of hydrogen-bond donors (Lipinski definition) is 1. The first-order valence-corrected chi connectivity index (χ1v) is 16.4. The Hall–Kier alpha value is -2.62. The van der Waals surface area contributed by atoms with Crippen LogP contribution in [-0.4, -0.2) is 23.7 Å². The Bertz CT molecular complexity index is 770. The minimum Gasteiger partial charge on any atom is -0.481 e. The second-order valence-corrected chi connectivity index (χ2v) is 10.6. The highest BCUT2D eigenvalue weighted by Gasteiger charge is 2.01. The van der Waals surface area contributed by atoms with Gasteiger partial charge in [0.25, 0.3) is 0 Å². The zero-order valence-electron chi connectivity index (χ0n) is 26.2. The van der Waals surface area contributed by atoms with Crippen molar-refractivity contribution < 1.29 is 19.4 Å². The molecule has 0 aliphatic rings. The Balaban J connectivity index is 3.42. The van der Waals surface area contributed by atoms with Gasteiger partial charge in [-0.3, -0.25) is 9.59 Å². The van der Waals surface area contributed by atoms with E-state index in [0.29, 0.717) is 19.4 Å². The average molecular weight is 569 g/mol. The van der Waals surface area contributed by atoms with Crippen LogP contribution >= 0.6 is 0 Å². The van der Waals surface area contributed by atoms with Gasteiger partial charge in [-0.1, -0.05) is 144 Å². The van der Waals surface area contributed by atoms with Gasteiger partial charge < -0.3 is 9.84 Å². The zero-order valence-corrected chi connectivity index (χ0v) is 26.2. The molecule has 0 heterocycles. The van der Waals surface area contributed by atoms with E-state index in [-0.39, 0.29) is 5.97 Å². The van der Waals surface area contributed by atoms with E-state index in [9.17, 15) is 9.59 Å². The van der Waals surface area contributed by atoms with E-state index >= 15 is 0 Å². The lowest BCUT2D eigenvalue weighted by molar-refractivity contribution is -0.143. The first-order valence-electron chi connectivity index (χ1n) is 16.4. The molecule has 0 amide bonds. The molecule has 0 atom stereocenters. The molecule has 0 rings (SSSR count). The number of hydrogen-bond acceptors (Lipinski definition) is 3. The lowest BCUT2D eigenvalue weighted by Crippen LogP contribution is -2.05. The Labute approximate surface area is 252 Å². The normalized spacial score (nSPS) is 12.4. The van der Waals surface area contributed by atoms with Crippen molar-refractivity contribution >= 4 is 11.9 Å². The van der Waals surface area contributed by atoms with Crippen LogP contribution in [0.5, 0.6) is 0 Å². The van der Waals surface area contributed by atoms with E-state index in [0.717, 1.165) is 77.0 Å². The first kappa shape index (κ1) is 38.4. The molecule has 0 aliphatic carbocycles. The van der Waals surface area contributed by atoms with Crippen molar-refractivity contribution in [2.75, 3.05) is 6.61 Å². The molecule has 1 N–H and O–H groups in total. The maximum Gasteiger partial charge on any atom is 0.306 e. The molecule has 232 valence electrons. The number of unbranched alkanes of at least 4 members (excludes halogenated alkanes) is 11. The largest absolute Gasteiger partial charge is 0.481 e. The second-order valence-electron chi connectivity index (χ2n) is 10.6. The van der Waals surface area contributed by atoms with Gasteiger partial charge in [0.2, 0.25) is 0 Å². The maximum absolute atomic E-state index is 11.9. The van der Waals surface area contributed by atoms with Crippen LogP contribution in [-0.2, 0) is 14.3 Å². The molecular formula is C37H60O4. The standard InChI is InChI=1S/C37H60O4/c1-2-3-4-5-6-7-8-9-10-11-12-13-14-15-19-22-25-28-31-34-37(40)41-35-32-29-26-23-20-17-16-18-21-24-27-30-33-36(38)39/h3-4,6-7,9-10,12-13,15,19,25,28H,2,5,8,11,14,16-18,20-24,26-27,29-35H2,1H3,(H,38,39)/b4-3-,7-6-,10-9-,13-12-,19-15-,28-25-. The molecule has 4 heteroatoms. The van der Waals surface area contributed by atoms with Crippen molar-refractivity contribution in [3.63, 3.8) is 0 Å². The number of allylic oxidation sites excluding steroid dienone is 12. The van der Waals surface area contributed by atoms with Crippen LogP contribution in [0.25, 0.3) is 0 Å². The fraction of sp³-hybridized carbons (Fsp3) is 0.622. The Morgan fingerprint density at radius 2 is 0.854 bits per heavy atom. The monoisotopic (exact) mass is 568 g/mol. The summed E-state index contributed by atoms with van der Waals surface area (Å²) in [4.78, 5) is 22.3. The Morgan fingerprint density at radius 3 is 1.27 bits per heavy atom. The van der Waals surface area contributed by atoms with E-state index in [1.54, 1.807) is 0 Å². The average Bonchev–Trinajstić information content (AvgIpc) is 2.96. The molecule has 0 saturated carbocycles. The molecule has 4 nitrogen and oxygen atoms in total. The number of ether oxygens (including phenoxy) is 1. The molecule has 0 aromatic heterocycles. The van der Waals surface area contributed by atoms with Gasteiger partial charge in [0.1, 0.15) is 0 Å². The third kappa shape index (κ3) is 35.4. The van der Waals surface area contributed by atoms with Crippen molar-refractivity contribution in [3.8, 4) is 0 Å². The topological polar surface area (TPSA) is 63.6 Å². The summed E-state index contributed by atoms with van der Waals surface area (Å²) in [5.74, 6) is -0.771. The highest BCUT2D eigenvalue weighted by Crippen LogP contribution is 2.12. The number of carboxylic acids is 1. The first-order chi connectivity index (χ1) is 20.2. The smallest absolute Gasteiger partial charge is 0.306 e. The molecule has 0 radical (unpaired) electrons. The minimum absolute atomic E-state index is 0.0903. The molecule has 0 aromatic rings. The van der Waals surface area contributed by atoms with E-state index in [1.165, 1.54) is 44.9 Å². The van der Waals surface area contributed by atoms with Crippen molar-refractivity contribution in [1.82, 2.24) is 0 Å². The zero-order chi connectivity index (χ0) is 29.9. The number of carbonyl (C=O) groups excluding carboxylic acids is 1. The third-order valence-corrected chi connectivity index (χ3v) is 6.66. The van der Waals surface area contributed by atoms with E-state index < -0.39 is 5.97 Å². The van der Waals surface area contributed by atoms with E-state index in [4.69, 9.17) is 9.84 Å². The van der Waals surface area contributed by atoms with Gasteiger partial charge in [-0.25, -0.2) is 0 Å². The molecule has 41 heavy (non-hydrogen) atoms. The summed E-state index contributed by atoms with van der Waals surface area (Å²) in [5.41, 5.74) is 0. The van der Waals surface area contributed by atoms with Crippen molar-refractivity contribution in [2.24, 2.45) is 0 Å². The van der Waals surface area contributed by atoms with Crippen molar-refractivity contribution in [2.45, 2.75) is 142 Å². The number of rotatable bonds is 29. The van der Waals surface area contributed by atoms with Gasteiger partial charge in [0, 0.05) is 12.8 Å². The summed E-state index contributed by atoms with van der Waals surface area (Å²) in [6.07, 6.45) is 47.6. The molecular weight excluding hydrogens is 508 g/mol. The van der Waals surface area contributed by atoms with Gasteiger partial charge in [0.15, 0.2) is 0 Å². The molecule has 0 aromatic carbocycles. The summed E-state index contributed by atoms with van der Waals surface area (Å²) in [5, 5.41) is 8.62. The van der Waals surface area contributed by atoms with Gasteiger partial charge in [-0.15, -0.1) is 0 Å². The number of carbonyl (C=O) groups is 2. The molecule has 0 unspecified atom stereocenters. The van der Waals surface area contributed by atoms with Crippen molar-refractivity contribution in [3.05, 3.63) is 72.9 Å². The van der Waals surface area contributed by atoms with Crippen LogP contribution in [0, 0.1) is 0 Å². The number of esters is 1. The van der Waals surface area contributed by atoms with Gasteiger partial charge in [0.05, 0.1) is 6.61 Å². The van der Waals surface area contributed by atoms with Crippen LogP contribution < -0.4 is 0 Å². The predicted molar refractivity (Wildman–Crippen MR) is 176 cm³/mol. The van der Waals surface area contributed by atoms with Crippen LogP contribution in [0.4, 0.5) is 0 Å². The number of aliphatic carboxylic acids is 1. The summed E-state index contributed by atoms with van der Waals surface area (Å²) in [7, 11) is 0. The van der Waals surface area contributed by atoms with Gasteiger partial charge in [-0.2, -0.15) is 0 Å². The summed E-state index contributed by atoms with van der Waals surface area (Å²) < 4.78 is 5.35. The van der Waals surface area contributed by atoms with Crippen LogP contribution in [0.15, 0.2) is 72.9 Å². The van der Waals surface area contributed by atoms with Crippen LogP contribution in [0.1, 0.15) is 142 Å². The number of carboxylic acid groups (broad SMARTS) is 1. The molecule has 0 fully saturated rings. The quantitative estimate of drug-likeness (QED) is 0.0553. The minimum atomic E-state index is -0.681. The second kappa shape index (κ2) is 33.6. The van der Waals surface area contributed by atoms with E-state index in [2.05, 4.69) is 79.8 Å². The SMILES string of the molecule is CC/C=C\C/C=C\C/C=C\C/C=C\C/C=C\C/C=C\CCC(=O)OCCCCCCCCCCCCCCC(=O)O. The highest BCUT2D eigenvalue weighted by molar-refractivity contribution is 5.69. The third-order valence-electron chi connectivity index (χ3n) is 6.66. The van der Waals surface area contributed by atoms with Gasteiger partial charge in [-0.05, 0) is 57.8 Å². The summed E-state index contributed by atoms with van der Waals surface area (Å²) >= 11 is 0. The van der Waals surface area contributed by atoms with Crippen molar-refractivity contribution in [1.29, 1.82) is 0 Å². The summed E-state index contributed by atoms with van der Waals surface area (Å²) in [6, 6.07) is 0. The maximum atomic E-state index is 11.9. The van der Waals surface area contributed by atoms with Gasteiger partial charge >= 0.3 is 11.9 Å². The lowest BCUT2D eigenvalue weighted by Gasteiger charge is -2.04. The highest BCUT2D eigenvalue weighted by atomic mass is 16.5. The van der Waals surface area contributed by atoms with E-state index in [1.807, 2.05) is 0 Å². The Kier molecular flexibility index (Phi) is 31.4. The predicted octanol–water partition coefficient (Wildman–Crippen LogP) is 11.2. The van der Waals surface area contributed by atoms with Crippen LogP contribution in [0.2, 0.25) is 0 Å². The fourth-order valence-corrected chi connectivity index (χ4v) is 4.25. The fourth-order valence-electron chi connectivity index (χ4n) is 4.25. The molecule has 0 spiro atoms. The molecule has 0 bridgehead atoms. The lowest BCUT2D eigenvalue weighted by atomic mass is 10.0. The molecule has 0 aliphatic heterocycles. The summed E-state index contributed by atoms with van der Waals surface area (Å²) in [6.45, 7) is 2.70. The van der Waals surface area contributed by atoms with Crippen LogP contribution in [0.3, 0.4) is 0 Å². The molecule has 0 saturated heterocycles. The Morgan fingerprint density at radius 1 is 0.488 bits per heavy atom.